The minimum Gasteiger partial charge on any atom is -0.339 e. The molecular formula is C31H42FN7O2. The van der Waals surface area contributed by atoms with E-state index in [-0.39, 0.29) is 17.6 Å². The molecule has 0 radical (unpaired) electrons. The Hall–Kier alpha value is -3.56. The first-order valence-electron chi connectivity index (χ1n) is 15.2. The van der Waals surface area contributed by atoms with Gasteiger partial charge in [0.2, 0.25) is 5.91 Å². The number of rotatable bonds is 9. The minimum atomic E-state index is -0.812. The highest BCUT2D eigenvalue weighted by Gasteiger charge is 2.41. The van der Waals surface area contributed by atoms with Crippen LogP contribution >= 0.6 is 0 Å². The van der Waals surface area contributed by atoms with Gasteiger partial charge in [0.15, 0.2) is 11.6 Å². The zero-order valence-corrected chi connectivity index (χ0v) is 24.4. The van der Waals surface area contributed by atoms with Crippen LogP contribution in [0.3, 0.4) is 0 Å². The number of amides is 2. The summed E-state index contributed by atoms with van der Waals surface area (Å²) in [5.74, 6) is -0.903. The van der Waals surface area contributed by atoms with Crippen molar-refractivity contribution in [3.63, 3.8) is 0 Å². The molecule has 2 saturated carbocycles. The maximum absolute atomic E-state index is 15.4. The predicted octanol–water partition coefficient (Wildman–Crippen LogP) is 5.96. The van der Waals surface area contributed by atoms with E-state index in [2.05, 4.69) is 30.9 Å². The van der Waals surface area contributed by atoms with E-state index < -0.39 is 17.8 Å². The zero-order chi connectivity index (χ0) is 28.9. The summed E-state index contributed by atoms with van der Waals surface area (Å²) in [5, 5.41) is 17.2. The molecule has 2 fully saturated rings. The van der Waals surface area contributed by atoms with E-state index in [9.17, 15) is 9.59 Å². The highest BCUT2D eigenvalue weighted by molar-refractivity contribution is 6.00. The van der Waals surface area contributed by atoms with Crippen LogP contribution in [0.4, 0.5) is 10.2 Å². The van der Waals surface area contributed by atoms with Crippen LogP contribution in [0, 0.1) is 37.4 Å². The molecule has 10 heteroatoms. The fraction of sp³-hybridized carbons (Fsp3) is 0.581. The first-order chi connectivity index (χ1) is 19.9. The maximum atomic E-state index is 15.4. The molecule has 2 amide bonds. The Bertz CT molecular complexity index is 1320. The number of pyridine rings is 1. The van der Waals surface area contributed by atoms with E-state index in [1.165, 1.54) is 18.9 Å². The number of carbonyl (C=O) groups is 2. The lowest BCUT2D eigenvalue weighted by Gasteiger charge is -2.41. The van der Waals surface area contributed by atoms with Crippen molar-refractivity contribution in [3.05, 3.63) is 47.4 Å². The second-order valence-corrected chi connectivity index (χ2v) is 11.7. The minimum absolute atomic E-state index is 0.0314. The molecule has 9 nitrogen and oxygen atoms in total. The van der Waals surface area contributed by atoms with Crippen LogP contribution in [0.2, 0.25) is 0 Å². The third kappa shape index (κ3) is 6.36. The highest BCUT2D eigenvalue weighted by atomic mass is 19.1. The summed E-state index contributed by atoms with van der Waals surface area (Å²) in [7, 11) is 0. The van der Waals surface area contributed by atoms with Crippen LogP contribution in [0.1, 0.15) is 93.0 Å². The van der Waals surface area contributed by atoms with Gasteiger partial charge in [0.25, 0.3) is 5.91 Å². The van der Waals surface area contributed by atoms with Gasteiger partial charge in [-0.1, -0.05) is 64.2 Å². The molecular weight excluding hydrogens is 521 g/mol. The summed E-state index contributed by atoms with van der Waals surface area (Å²) in [4.78, 5) is 32.0. The summed E-state index contributed by atoms with van der Waals surface area (Å²) in [5.41, 5.74) is 3.36. The van der Waals surface area contributed by atoms with Crippen LogP contribution in [-0.4, -0.2) is 42.8 Å². The van der Waals surface area contributed by atoms with Gasteiger partial charge in [0.05, 0.1) is 5.69 Å². The molecule has 5 rings (SSSR count). The van der Waals surface area contributed by atoms with Crippen LogP contribution in [-0.2, 0) is 11.3 Å². The molecule has 1 atom stereocenters. The Labute approximate surface area is 241 Å². The zero-order valence-electron chi connectivity index (χ0n) is 24.4. The standard InChI is InChI=1S/C31H42FN7O2/c1-4-39-25(15-16-34-39)30(40)35-28(27(21-11-7-5-8-12-21)22-13-9-6-10-14-22)31(41)36-29-24(32)17-23(18-33-29)26-19(2)37-38-20(26)3/h15-18,21-22,27-28H,4-14H2,1-3H3,(H,35,40)(H,37,38)(H,33,36,41). The number of carbonyl (C=O) groups excluding carboxylic acids is 2. The monoisotopic (exact) mass is 563 g/mol. The lowest BCUT2D eigenvalue weighted by atomic mass is 9.66. The Morgan fingerprint density at radius 1 is 1.07 bits per heavy atom. The lowest BCUT2D eigenvalue weighted by molar-refractivity contribution is -0.121. The molecule has 1 unspecified atom stereocenters. The van der Waals surface area contributed by atoms with E-state index >= 15 is 4.39 Å². The fourth-order valence-electron chi connectivity index (χ4n) is 7.13. The highest BCUT2D eigenvalue weighted by Crippen LogP contribution is 2.42. The molecule has 3 aromatic rings. The first-order valence-corrected chi connectivity index (χ1v) is 15.2. The van der Waals surface area contributed by atoms with Crippen molar-refractivity contribution in [2.24, 2.45) is 17.8 Å². The number of anilines is 1. The number of aromatic nitrogens is 5. The molecule has 3 N–H and O–H groups in total. The molecule has 3 heterocycles. The Morgan fingerprint density at radius 3 is 2.29 bits per heavy atom. The number of H-pyrrole nitrogens is 1. The quantitative estimate of drug-likeness (QED) is 0.297. The second kappa shape index (κ2) is 13.0. The molecule has 3 aromatic heterocycles. The summed E-state index contributed by atoms with van der Waals surface area (Å²) in [6.45, 7) is 6.18. The summed E-state index contributed by atoms with van der Waals surface area (Å²) in [6.07, 6.45) is 14.2. The predicted molar refractivity (Wildman–Crippen MR) is 156 cm³/mol. The lowest BCUT2D eigenvalue weighted by Crippen LogP contribution is -2.53. The van der Waals surface area contributed by atoms with Crippen molar-refractivity contribution >= 4 is 17.6 Å². The van der Waals surface area contributed by atoms with Crippen molar-refractivity contribution in [2.45, 2.75) is 97.6 Å². The fourth-order valence-corrected chi connectivity index (χ4v) is 7.13. The maximum Gasteiger partial charge on any atom is 0.270 e. The van der Waals surface area contributed by atoms with Gasteiger partial charge in [-0.15, -0.1) is 0 Å². The second-order valence-electron chi connectivity index (χ2n) is 11.7. The van der Waals surface area contributed by atoms with Crippen LogP contribution in [0.5, 0.6) is 0 Å². The van der Waals surface area contributed by atoms with E-state index in [1.807, 2.05) is 20.8 Å². The summed E-state index contributed by atoms with van der Waals surface area (Å²) >= 11 is 0. The van der Waals surface area contributed by atoms with Gasteiger partial charge in [-0.2, -0.15) is 10.2 Å². The van der Waals surface area contributed by atoms with Gasteiger partial charge >= 0.3 is 0 Å². The van der Waals surface area contributed by atoms with E-state index in [1.54, 1.807) is 23.1 Å². The smallest absolute Gasteiger partial charge is 0.270 e. The van der Waals surface area contributed by atoms with Crippen LogP contribution in [0.15, 0.2) is 24.5 Å². The third-order valence-corrected chi connectivity index (χ3v) is 9.09. The molecule has 0 aliphatic heterocycles. The Morgan fingerprint density at radius 2 is 1.73 bits per heavy atom. The molecule has 0 spiro atoms. The number of hydrogen-bond acceptors (Lipinski definition) is 5. The number of halogens is 1. The van der Waals surface area contributed by atoms with E-state index in [0.29, 0.717) is 29.6 Å². The van der Waals surface area contributed by atoms with Gasteiger partial charge in [0.1, 0.15) is 11.7 Å². The van der Waals surface area contributed by atoms with Gasteiger partial charge in [-0.3, -0.25) is 19.4 Å². The summed E-state index contributed by atoms with van der Waals surface area (Å²) in [6, 6.07) is 2.23. The Kier molecular flexibility index (Phi) is 9.15. The molecule has 0 aromatic carbocycles. The van der Waals surface area contributed by atoms with Crippen LogP contribution < -0.4 is 10.6 Å². The molecule has 0 bridgehead atoms. The van der Waals surface area contributed by atoms with Crippen molar-refractivity contribution in [3.8, 4) is 11.1 Å². The molecule has 2 aliphatic carbocycles. The normalized spacial score (nSPS) is 17.5. The van der Waals surface area contributed by atoms with E-state index in [0.717, 1.165) is 68.3 Å². The first kappa shape index (κ1) is 29.0. The average Bonchev–Trinajstić information content (AvgIpc) is 3.60. The van der Waals surface area contributed by atoms with Gasteiger partial charge in [-0.25, -0.2) is 9.37 Å². The van der Waals surface area contributed by atoms with Gasteiger partial charge in [0, 0.05) is 35.8 Å². The van der Waals surface area contributed by atoms with Crippen LogP contribution in [0.25, 0.3) is 11.1 Å². The Balaban J connectivity index is 1.46. The van der Waals surface area contributed by atoms with Crippen molar-refractivity contribution < 1.29 is 14.0 Å². The third-order valence-electron chi connectivity index (χ3n) is 9.09. The van der Waals surface area contributed by atoms with Gasteiger partial charge in [-0.05, 0) is 50.7 Å². The molecule has 0 saturated heterocycles. The number of nitrogens with one attached hydrogen (secondary N) is 3. The average molecular weight is 564 g/mol. The van der Waals surface area contributed by atoms with Crippen molar-refractivity contribution in [2.75, 3.05) is 5.32 Å². The largest absolute Gasteiger partial charge is 0.339 e. The van der Waals surface area contributed by atoms with E-state index in [4.69, 9.17) is 0 Å². The van der Waals surface area contributed by atoms with Crippen molar-refractivity contribution in [1.29, 1.82) is 0 Å². The van der Waals surface area contributed by atoms with Crippen molar-refractivity contribution in [1.82, 2.24) is 30.3 Å². The SMILES string of the molecule is CCn1nccc1C(=O)NC(C(=O)Nc1ncc(-c2c(C)n[nH]c2C)cc1F)C(C1CCCCC1)C1CCCCC1. The molecule has 220 valence electrons. The number of aryl methyl sites for hydroxylation is 3. The summed E-state index contributed by atoms with van der Waals surface area (Å²) < 4.78 is 17.0. The molecule has 2 aliphatic rings. The molecule has 41 heavy (non-hydrogen) atoms. The number of aromatic amines is 1. The number of hydrogen-bond donors (Lipinski definition) is 3. The number of nitrogens with zero attached hydrogens (tertiary/aromatic N) is 4. The topological polar surface area (TPSA) is 118 Å². The van der Waals surface area contributed by atoms with Gasteiger partial charge < -0.3 is 10.6 Å².